The number of aromatic hydroxyl groups is 1. The van der Waals surface area contributed by atoms with Crippen LogP contribution in [0.1, 0.15) is 18.4 Å². The minimum atomic E-state index is -0.958. The summed E-state index contributed by atoms with van der Waals surface area (Å²) in [7, 11) is 0. The van der Waals surface area contributed by atoms with Gasteiger partial charge in [-0.1, -0.05) is 18.2 Å². The van der Waals surface area contributed by atoms with E-state index >= 15 is 0 Å². The van der Waals surface area contributed by atoms with Gasteiger partial charge in [0.1, 0.15) is 11.8 Å². The SMILES string of the molecule is N=CN.NCCCC(N=C/C=C/c1ccccc1O)C(=O)O. The standard InChI is InChI=1S/C14H18N2O3.CH4N2/c15-9-3-7-12(14(18)19)16-10-4-6-11-5-1-2-8-13(11)17;2-1-3/h1-2,4-6,8,10,12,17H,3,7,9,15H2,(H,18,19);1H,(H3,2,3)/b6-4+,16-10?;. The summed E-state index contributed by atoms with van der Waals surface area (Å²) in [5.74, 6) is -0.786. The van der Waals surface area contributed by atoms with E-state index in [4.69, 9.17) is 16.2 Å². The number of carboxylic acids is 1. The Morgan fingerprint density at radius 1 is 1.41 bits per heavy atom. The molecule has 7 nitrogen and oxygen atoms in total. The van der Waals surface area contributed by atoms with Crippen molar-refractivity contribution in [2.75, 3.05) is 6.54 Å². The Kier molecular flexibility index (Phi) is 10.6. The summed E-state index contributed by atoms with van der Waals surface area (Å²) in [5.41, 5.74) is 10.4. The summed E-state index contributed by atoms with van der Waals surface area (Å²) in [6, 6.07) is 6.10. The van der Waals surface area contributed by atoms with Crippen LogP contribution in [0.15, 0.2) is 35.3 Å². The number of rotatable bonds is 7. The van der Waals surface area contributed by atoms with Gasteiger partial charge in [0.2, 0.25) is 0 Å². The number of benzene rings is 1. The third kappa shape index (κ3) is 8.49. The van der Waals surface area contributed by atoms with Crippen LogP contribution in [-0.2, 0) is 4.79 Å². The number of para-hydroxylation sites is 1. The van der Waals surface area contributed by atoms with Gasteiger partial charge >= 0.3 is 5.97 Å². The molecule has 0 fully saturated rings. The molecule has 0 aliphatic heterocycles. The molecule has 1 unspecified atom stereocenters. The Balaban J connectivity index is 0.00000135. The number of hydrogen-bond donors (Lipinski definition) is 5. The first kappa shape index (κ1) is 19.3. The van der Waals surface area contributed by atoms with Crippen LogP contribution in [0.5, 0.6) is 5.75 Å². The van der Waals surface area contributed by atoms with E-state index < -0.39 is 12.0 Å². The maximum Gasteiger partial charge on any atom is 0.328 e. The molecule has 7 heteroatoms. The molecule has 0 bridgehead atoms. The minimum absolute atomic E-state index is 0.171. The summed E-state index contributed by atoms with van der Waals surface area (Å²) in [6.45, 7) is 0.451. The molecule has 0 spiro atoms. The van der Waals surface area contributed by atoms with Gasteiger partial charge in [-0.25, -0.2) is 4.79 Å². The molecule has 0 aromatic heterocycles. The molecule has 0 aliphatic carbocycles. The summed E-state index contributed by atoms with van der Waals surface area (Å²) >= 11 is 0. The molecule has 0 heterocycles. The van der Waals surface area contributed by atoms with Crippen molar-refractivity contribution in [3.63, 3.8) is 0 Å². The summed E-state index contributed by atoms with van der Waals surface area (Å²) < 4.78 is 0. The number of carbonyl (C=O) groups is 1. The van der Waals surface area contributed by atoms with Crippen molar-refractivity contribution in [1.29, 1.82) is 5.41 Å². The zero-order valence-corrected chi connectivity index (χ0v) is 12.2. The van der Waals surface area contributed by atoms with Crippen molar-refractivity contribution < 1.29 is 15.0 Å². The first-order valence-corrected chi connectivity index (χ1v) is 6.68. The van der Waals surface area contributed by atoms with Crippen molar-refractivity contribution in [2.45, 2.75) is 18.9 Å². The predicted octanol–water partition coefficient (Wildman–Crippen LogP) is 1.22. The third-order valence-corrected chi connectivity index (χ3v) is 2.53. The second-order valence-electron chi connectivity index (χ2n) is 4.17. The fraction of sp³-hybridized carbons (Fsp3) is 0.267. The molecule has 1 rings (SSSR count). The first-order chi connectivity index (χ1) is 10.6. The molecule has 0 amide bonds. The van der Waals surface area contributed by atoms with Crippen LogP contribution in [0.25, 0.3) is 6.08 Å². The highest BCUT2D eigenvalue weighted by Gasteiger charge is 2.13. The molecule has 1 atom stereocenters. The highest BCUT2D eigenvalue weighted by atomic mass is 16.4. The van der Waals surface area contributed by atoms with E-state index in [0.717, 1.165) is 6.34 Å². The zero-order chi connectivity index (χ0) is 16.8. The van der Waals surface area contributed by atoms with Gasteiger partial charge in [0, 0.05) is 11.8 Å². The van der Waals surface area contributed by atoms with E-state index in [1.165, 1.54) is 6.21 Å². The fourth-order valence-corrected chi connectivity index (χ4v) is 1.50. The number of aliphatic carboxylic acids is 1. The highest BCUT2D eigenvalue weighted by Crippen LogP contribution is 2.16. The van der Waals surface area contributed by atoms with E-state index in [2.05, 4.69) is 10.7 Å². The number of phenolic OH excluding ortho intramolecular Hbond substituents is 1. The van der Waals surface area contributed by atoms with Crippen molar-refractivity contribution >= 4 is 24.6 Å². The highest BCUT2D eigenvalue weighted by molar-refractivity contribution is 5.82. The number of carboxylic acid groups (broad SMARTS) is 1. The van der Waals surface area contributed by atoms with Crippen molar-refractivity contribution in [3.8, 4) is 5.75 Å². The second-order valence-corrected chi connectivity index (χ2v) is 4.17. The number of hydrogen-bond acceptors (Lipinski definition) is 5. The molecular formula is C15H22N4O3. The lowest BCUT2D eigenvalue weighted by molar-refractivity contribution is -0.138. The van der Waals surface area contributed by atoms with Gasteiger partial charge in [0.05, 0.1) is 6.34 Å². The zero-order valence-electron chi connectivity index (χ0n) is 12.2. The summed E-state index contributed by atoms with van der Waals surface area (Å²) in [5, 5.41) is 24.3. The molecule has 22 heavy (non-hydrogen) atoms. The van der Waals surface area contributed by atoms with E-state index in [1.54, 1.807) is 36.4 Å². The van der Waals surface area contributed by atoms with E-state index in [1.807, 2.05) is 0 Å². The Morgan fingerprint density at radius 3 is 2.59 bits per heavy atom. The fourth-order valence-electron chi connectivity index (χ4n) is 1.50. The van der Waals surface area contributed by atoms with Crippen LogP contribution in [-0.4, -0.2) is 41.3 Å². The van der Waals surface area contributed by atoms with Crippen LogP contribution in [0.4, 0.5) is 0 Å². The Labute approximate surface area is 129 Å². The average Bonchev–Trinajstić information content (AvgIpc) is 2.48. The number of phenols is 1. The van der Waals surface area contributed by atoms with Crippen molar-refractivity contribution in [3.05, 3.63) is 35.9 Å². The lowest BCUT2D eigenvalue weighted by Gasteiger charge is -2.04. The van der Waals surface area contributed by atoms with Crippen LogP contribution in [0.2, 0.25) is 0 Å². The van der Waals surface area contributed by atoms with E-state index in [-0.39, 0.29) is 5.75 Å². The molecule has 1 aromatic rings. The van der Waals surface area contributed by atoms with Gasteiger partial charge in [-0.05, 0) is 37.6 Å². The number of nitrogens with two attached hydrogens (primary N) is 2. The summed E-state index contributed by atoms with van der Waals surface area (Å²) in [6.07, 6.45) is 6.50. The van der Waals surface area contributed by atoms with Crippen LogP contribution >= 0.6 is 0 Å². The number of nitrogens with one attached hydrogen (secondary N) is 1. The average molecular weight is 306 g/mol. The summed E-state index contributed by atoms with van der Waals surface area (Å²) in [4.78, 5) is 14.9. The lowest BCUT2D eigenvalue weighted by atomic mass is 10.1. The molecule has 120 valence electrons. The maximum atomic E-state index is 10.9. The monoisotopic (exact) mass is 306 g/mol. The van der Waals surface area contributed by atoms with Crippen molar-refractivity contribution in [2.24, 2.45) is 16.5 Å². The topological polar surface area (TPSA) is 146 Å². The van der Waals surface area contributed by atoms with Gasteiger partial charge < -0.3 is 21.7 Å². The van der Waals surface area contributed by atoms with Gasteiger partial charge in [-0.3, -0.25) is 10.4 Å². The molecule has 0 saturated heterocycles. The normalized spacial score (nSPS) is 11.9. The van der Waals surface area contributed by atoms with E-state index in [0.29, 0.717) is 24.9 Å². The second kappa shape index (κ2) is 12.1. The maximum absolute atomic E-state index is 10.9. The smallest absolute Gasteiger partial charge is 0.328 e. The largest absolute Gasteiger partial charge is 0.507 e. The van der Waals surface area contributed by atoms with Gasteiger partial charge in [-0.2, -0.15) is 0 Å². The van der Waals surface area contributed by atoms with Crippen molar-refractivity contribution in [1.82, 2.24) is 0 Å². The number of allylic oxidation sites excluding steroid dienone is 1. The van der Waals surface area contributed by atoms with Crippen LogP contribution in [0.3, 0.4) is 0 Å². The quantitative estimate of drug-likeness (QED) is 0.380. The third-order valence-electron chi connectivity index (χ3n) is 2.53. The van der Waals surface area contributed by atoms with Crippen LogP contribution < -0.4 is 11.5 Å². The number of nitrogens with zero attached hydrogens (tertiary/aromatic N) is 1. The molecule has 0 radical (unpaired) electrons. The van der Waals surface area contributed by atoms with Gasteiger partial charge in [-0.15, -0.1) is 0 Å². The molecular weight excluding hydrogens is 284 g/mol. The lowest BCUT2D eigenvalue weighted by Crippen LogP contribution is -2.19. The Morgan fingerprint density at radius 2 is 2.05 bits per heavy atom. The van der Waals surface area contributed by atoms with Gasteiger partial charge in [0.15, 0.2) is 0 Å². The molecule has 0 aliphatic rings. The van der Waals surface area contributed by atoms with Crippen LogP contribution in [0, 0.1) is 5.41 Å². The minimum Gasteiger partial charge on any atom is -0.507 e. The van der Waals surface area contributed by atoms with Gasteiger partial charge in [0.25, 0.3) is 0 Å². The molecule has 1 aromatic carbocycles. The number of aliphatic imine (C=N–C) groups is 1. The molecule has 7 N–H and O–H groups in total. The first-order valence-electron chi connectivity index (χ1n) is 6.68. The predicted molar refractivity (Wildman–Crippen MR) is 88.3 cm³/mol. The Bertz CT molecular complexity index is 515. The Hall–Kier alpha value is -2.67. The van der Waals surface area contributed by atoms with E-state index in [9.17, 15) is 9.90 Å². The molecule has 0 saturated carbocycles.